The van der Waals surface area contributed by atoms with Gasteiger partial charge < -0.3 is 15.8 Å². The van der Waals surface area contributed by atoms with Crippen molar-refractivity contribution in [3.63, 3.8) is 0 Å². The highest BCUT2D eigenvalue weighted by Crippen LogP contribution is 2.20. The molecule has 0 spiro atoms. The number of hydrogen-bond donors (Lipinski definition) is 2. The molecule has 0 saturated carbocycles. The van der Waals surface area contributed by atoms with Gasteiger partial charge in [-0.1, -0.05) is 12.1 Å². The Labute approximate surface area is 116 Å². The van der Waals surface area contributed by atoms with Crippen LogP contribution in [0.3, 0.4) is 0 Å². The van der Waals surface area contributed by atoms with Crippen LogP contribution in [0.1, 0.15) is 18.4 Å². The molecule has 2 rings (SSSR count). The average Bonchev–Trinajstić information content (AvgIpc) is 2.45. The summed E-state index contributed by atoms with van der Waals surface area (Å²) in [4.78, 5) is 12.0. The lowest BCUT2D eigenvalue weighted by Crippen LogP contribution is -2.57. The number of ether oxygens (including phenoxy) is 1. The summed E-state index contributed by atoms with van der Waals surface area (Å²) < 4.78 is 31.8. The van der Waals surface area contributed by atoms with Gasteiger partial charge in [0.15, 0.2) is 11.6 Å². The molecule has 0 bridgehead atoms. The van der Waals surface area contributed by atoms with E-state index >= 15 is 0 Å². The highest BCUT2D eigenvalue weighted by Gasteiger charge is 2.32. The molecular weight excluding hydrogens is 266 g/mol. The largest absolute Gasteiger partial charge is 0.381 e. The van der Waals surface area contributed by atoms with Crippen LogP contribution in [-0.2, 0) is 16.0 Å². The molecule has 1 aromatic rings. The van der Waals surface area contributed by atoms with E-state index in [1.54, 1.807) is 0 Å². The number of amides is 1. The van der Waals surface area contributed by atoms with Crippen LogP contribution in [0.4, 0.5) is 8.78 Å². The van der Waals surface area contributed by atoms with E-state index < -0.39 is 17.2 Å². The molecule has 110 valence electrons. The second kappa shape index (κ2) is 6.28. The van der Waals surface area contributed by atoms with Crippen molar-refractivity contribution >= 4 is 5.91 Å². The third-order valence-electron chi connectivity index (χ3n) is 3.63. The van der Waals surface area contributed by atoms with Gasteiger partial charge in [0.2, 0.25) is 5.91 Å². The van der Waals surface area contributed by atoms with Crippen molar-refractivity contribution in [1.82, 2.24) is 5.32 Å². The van der Waals surface area contributed by atoms with Crippen LogP contribution in [0.2, 0.25) is 0 Å². The van der Waals surface area contributed by atoms with Crippen molar-refractivity contribution in [3.05, 3.63) is 35.4 Å². The van der Waals surface area contributed by atoms with Crippen molar-refractivity contribution in [2.45, 2.75) is 24.8 Å². The highest BCUT2D eigenvalue weighted by atomic mass is 19.2. The second-order valence-electron chi connectivity index (χ2n) is 5.03. The Balaban J connectivity index is 2.03. The number of rotatable bonds is 4. The van der Waals surface area contributed by atoms with Crippen molar-refractivity contribution < 1.29 is 18.3 Å². The minimum Gasteiger partial charge on any atom is -0.381 e. The summed E-state index contributed by atoms with van der Waals surface area (Å²) in [6.45, 7) is 1.37. The van der Waals surface area contributed by atoms with Gasteiger partial charge in [-0.2, -0.15) is 0 Å². The van der Waals surface area contributed by atoms with E-state index in [2.05, 4.69) is 5.32 Å². The molecule has 0 aromatic heterocycles. The quantitative estimate of drug-likeness (QED) is 0.871. The van der Waals surface area contributed by atoms with Gasteiger partial charge in [0.25, 0.3) is 0 Å². The first kappa shape index (κ1) is 14.9. The summed E-state index contributed by atoms with van der Waals surface area (Å²) in [6.07, 6.45) is 1.05. The summed E-state index contributed by atoms with van der Waals surface area (Å²) in [5, 5.41) is 2.84. The lowest BCUT2D eigenvalue weighted by Gasteiger charge is -2.37. The topological polar surface area (TPSA) is 64.3 Å². The first-order chi connectivity index (χ1) is 9.56. The molecule has 20 heavy (non-hydrogen) atoms. The van der Waals surface area contributed by atoms with Gasteiger partial charge in [-0.25, -0.2) is 8.78 Å². The van der Waals surface area contributed by atoms with E-state index in [4.69, 9.17) is 10.5 Å². The zero-order chi connectivity index (χ0) is 14.6. The van der Waals surface area contributed by atoms with Crippen LogP contribution in [0.5, 0.6) is 0 Å². The summed E-state index contributed by atoms with van der Waals surface area (Å²) in [6, 6.07) is 3.81. The maximum Gasteiger partial charge on any atom is 0.225 e. The van der Waals surface area contributed by atoms with Gasteiger partial charge in [0.05, 0.1) is 12.0 Å². The van der Waals surface area contributed by atoms with Crippen LogP contribution in [0.25, 0.3) is 0 Å². The molecule has 6 heteroatoms. The number of nitrogens with two attached hydrogens (primary N) is 1. The molecule has 0 radical (unpaired) electrons. The van der Waals surface area contributed by atoms with Crippen molar-refractivity contribution in [2.24, 2.45) is 5.73 Å². The average molecular weight is 284 g/mol. The number of carbonyl (C=O) groups excluding carboxylic acids is 1. The predicted octanol–water partition coefficient (Wildman–Crippen LogP) is 1.13. The Morgan fingerprint density at radius 2 is 2.05 bits per heavy atom. The molecule has 1 fully saturated rings. The van der Waals surface area contributed by atoms with Crippen molar-refractivity contribution in [1.29, 1.82) is 0 Å². The monoisotopic (exact) mass is 284 g/mol. The van der Waals surface area contributed by atoms with Crippen molar-refractivity contribution in [2.75, 3.05) is 19.8 Å². The SMILES string of the molecule is NCC1(NC(=O)Cc2cccc(F)c2F)CCOCC1. The predicted molar refractivity (Wildman–Crippen MR) is 70.0 cm³/mol. The Hall–Kier alpha value is -1.53. The molecule has 4 nitrogen and oxygen atoms in total. The van der Waals surface area contributed by atoms with Gasteiger partial charge in [-0.15, -0.1) is 0 Å². The van der Waals surface area contributed by atoms with Crippen LogP contribution in [-0.4, -0.2) is 31.2 Å². The molecule has 3 N–H and O–H groups in total. The van der Waals surface area contributed by atoms with Crippen LogP contribution in [0, 0.1) is 11.6 Å². The van der Waals surface area contributed by atoms with E-state index in [-0.39, 0.29) is 17.9 Å². The fraction of sp³-hybridized carbons (Fsp3) is 0.500. The van der Waals surface area contributed by atoms with Gasteiger partial charge in [0, 0.05) is 25.3 Å². The molecule has 1 saturated heterocycles. The van der Waals surface area contributed by atoms with Gasteiger partial charge >= 0.3 is 0 Å². The number of halogens is 2. The molecule has 1 heterocycles. The lowest BCUT2D eigenvalue weighted by atomic mass is 9.90. The number of benzene rings is 1. The number of hydrogen-bond acceptors (Lipinski definition) is 3. The minimum atomic E-state index is -0.976. The molecule has 0 atom stereocenters. The Kier molecular flexibility index (Phi) is 4.67. The van der Waals surface area contributed by atoms with Crippen LogP contribution >= 0.6 is 0 Å². The summed E-state index contributed by atoms with van der Waals surface area (Å²) in [5.41, 5.74) is 5.27. The molecule has 1 aromatic carbocycles. The normalized spacial score (nSPS) is 17.8. The minimum absolute atomic E-state index is 0.0433. The Morgan fingerprint density at radius 3 is 2.70 bits per heavy atom. The summed E-state index contributed by atoms with van der Waals surface area (Å²) >= 11 is 0. The fourth-order valence-electron chi connectivity index (χ4n) is 2.34. The van der Waals surface area contributed by atoms with E-state index in [1.165, 1.54) is 12.1 Å². The third-order valence-corrected chi connectivity index (χ3v) is 3.63. The molecule has 0 aliphatic carbocycles. The van der Waals surface area contributed by atoms with E-state index in [9.17, 15) is 13.6 Å². The van der Waals surface area contributed by atoms with Gasteiger partial charge in [0.1, 0.15) is 0 Å². The standard InChI is InChI=1S/C14H18F2N2O2/c15-11-3-1-2-10(13(11)16)8-12(19)18-14(9-17)4-6-20-7-5-14/h1-3H,4-9,17H2,(H,18,19). The molecule has 1 aliphatic heterocycles. The maximum absolute atomic E-state index is 13.5. The van der Waals surface area contributed by atoms with Crippen LogP contribution < -0.4 is 11.1 Å². The zero-order valence-electron chi connectivity index (χ0n) is 11.1. The van der Waals surface area contributed by atoms with Crippen molar-refractivity contribution in [3.8, 4) is 0 Å². The third kappa shape index (κ3) is 3.32. The first-order valence-corrected chi connectivity index (χ1v) is 6.58. The number of nitrogens with one attached hydrogen (secondary N) is 1. The van der Waals surface area contributed by atoms with E-state index in [1.807, 2.05) is 0 Å². The summed E-state index contributed by atoms with van der Waals surface area (Å²) in [5.74, 6) is -2.28. The molecule has 0 unspecified atom stereocenters. The van der Waals surface area contributed by atoms with Gasteiger partial charge in [-0.3, -0.25) is 4.79 Å². The van der Waals surface area contributed by atoms with Crippen LogP contribution in [0.15, 0.2) is 18.2 Å². The lowest BCUT2D eigenvalue weighted by molar-refractivity contribution is -0.123. The van der Waals surface area contributed by atoms with E-state index in [0.717, 1.165) is 6.07 Å². The smallest absolute Gasteiger partial charge is 0.225 e. The van der Waals surface area contributed by atoms with Gasteiger partial charge in [-0.05, 0) is 18.9 Å². The molecule has 1 aliphatic rings. The number of carbonyl (C=O) groups is 1. The first-order valence-electron chi connectivity index (χ1n) is 6.58. The highest BCUT2D eigenvalue weighted by molar-refractivity contribution is 5.79. The zero-order valence-corrected chi connectivity index (χ0v) is 11.1. The Morgan fingerprint density at radius 1 is 1.35 bits per heavy atom. The molecular formula is C14H18F2N2O2. The van der Waals surface area contributed by atoms with E-state index in [0.29, 0.717) is 32.6 Å². The Bertz CT molecular complexity index is 488. The maximum atomic E-state index is 13.5. The summed E-state index contributed by atoms with van der Waals surface area (Å²) in [7, 11) is 0. The fourth-order valence-corrected chi connectivity index (χ4v) is 2.34. The second-order valence-corrected chi connectivity index (χ2v) is 5.03. The molecule has 1 amide bonds.